The first-order chi connectivity index (χ1) is 23.6. The van der Waals surface area contributed by atoms with Gasteiger partial charge in [0, 0.05) is 12.8 Å². The van der Waals surface area contributed by atoms with E-state index in [1.165, 1.54) is 25.7 Å². The number of carbonyl (C=O) groups excluding carboxylic acids is 2. The zero-order valence-corrected chi connectivity index (χ0v) is 30.5. The van der Waals surface area contributed by atoms with Crippen LogP contribution < -0.4 is 0 Å². The van der Waals surface area contributed by atoms with E-state index in [1.54, 1.807) is 0 Å². The summed E-state index contributed by atoms with van der Waals surface area (Å²) in [5.41, 5.74) is 0. The lowest BCUT2D eigenvalue weighted by Crippen LogP contribution is -2.28. The molecular formula is C43H68O5. The highest BCUT2D eigenvalue weighted by Gasteiger charge is 2.15. The van der Waals surface area contributed by atoms with Gasteiger partial charge in [0.1, 0.15) is 6.61 Å². The molecule has 0 aliphatic rings. The highest BCUT2D eigenvalue weighted by molar-refractivity contribution is 5.70. The third-order valence-corrected chi connectivity index (χ3v) is 7.36. The van der Waals surface area contributed by atoms with Crippen LogP contribution in [-0.2, 0) is 19.1 Å². The van der Waals surface area contributed by atoms with Crippen molar-refractivity contribution < 1.29 is 24.2 Å². The third-order valence-electron chi connectivity index (χ3n) is 7.36. The van der Waals surface area contributed by atoms with Crippen molar-refractivity contribution in [3.63, 3.8) is 0 Å². The Morgan fingerprint density at radius 2 is 0.896 bits per heavy atom. The normalized spacial score (nSPS) is 13.3. The first kappa shape index (κ1) is 44.8. The minimum Gasteiger partial charge on any atom is -0.462 e. The molecule has 0 fully saturated rings. The number of esters is 2. The minimum atomic E-state index is -0.812. The second kappa shape index (κ2) is 38.3. The molecule has 5 nitrogen and oxygen atoms in total. The van der Waals surface area contributed by atoms with Gasteiger partial charge in [0.25, 0.3) is 0 Å². The molecule has 0 heterocycles. The summed E-state index contributed by atoms with van der Waals surface area (Å²) in [7, 11) is 0. The van der Waals surface area contributed by atoms with Crippen molar-refractivity contribution in [2.45, 2.75) is 148 Å². The van der Waals surface area contributed by atoms with Crippen LogP contribution in [0.2, 0.25) is 0 Å². The number of aliphatic hydroxyl groups is 1. The van der Waals surface area contributed by atoms with Gasteiger partial charge in [0.15, 0.2) is 6.10 Å². The summed E-state index contributed by atoms with van der Waals surface area (Å²) in [5.74, 6) is -0.688. The van der Waals surface area contributed by atoms with E-state index < -0.39 is 6.10 Å². The third kappa shape index (κ3) is 35.7. The fourth-order valence-electron chi connectivity index (χ4n) is 4.53. The van der Waals surface area contributed by atoms with Crippen LogP contribution in [0.5, 0.6) is 0 Å². The summed E-state index contributed by atoms with van der Waals surface area (Å²) < 4.78 is 10.5. The van der Waals surface area contributed by atoms with Gasteiger partial charge in [0.05, 0.1) is 6.61 Å². The number of rotatable bonds is 32. The highest BCUT2D eigenvalue weighted by atomic mass is 16.6. The molecule has 0 bridgehead atoms. The molecule has 5 heteroatoms. The van der Waals surface area contributed by atoms with Crippen LogP contribution in [0.4, 0.5) is 0 Å². The Hall–Kier alpha value is -3.18. The molecule has 1 atom stereocenters. The van der Waals surface area contributed by atoms with Gasteiger partial charge in [-0.05, 0) is 96.3 Å². The number of allylic oxidation sites excluding steroid dienone is 16. The quantitative estimate of drug-likeness (QED) is 0.0440. The summed E-state index contributed by atoms with van der Waals surface area (Å²) >= 11 is 0. The Balaban J connectivity index is 3.75. The first-order valence-electron chi connectivity index (χ1n) is 18.8. The molecule has 0 aliphatic heterocycles. The average Bonchev–Trinajstić information content (AvgIpc) is 3.09. The Morgan fingerprint density at radius 1 is 0.500 bits per heavy atom. The van der Waals surface area contributed by atoms with Gasteiger partial charge < -0.3 is 14.6 Å². The smallest absolute Gasteiger partial charge is 0.306 e. The van der Waals surface area contributed by atoms with E-state index in [1.807, 2.05) is 0 Å². The van der Waals surface area contributed by atoms with Gasteiger partial charge >= 0.3 is 11.9 Å². The number of ether oxygens (including phenoxy) is 2. The Bertz CT molecular complexity index is 979. The minimum absolute atomic E-state index is 0.106. The maximum Gasteiger partial charge on any atom is 0.306 e. The fourth-order valence-corrected chi connectivity index (χ4v) is 4.53. The lowest BCUT2D eigenvalue weighted by atomic mass is 10.1. The summed E-state index contributed by atoms with van der Waals surface area (Å²) in [6.07, 6.45) is 53.2. The van der Waals surface area contributed by atoms with Crippen LogP contribution in [0, 0.1) is 0 Å². The van der Waals surface area contributed by atoms with E-state index >= 15 is 0 Å². The van der Waals surface area contributed by atoms with Crippen LogP contribution in [0.1, 0.15) is 142 Å². The lowest BCUT2D eigenvalue weighted by Gasteiger charge is -2.15. The molecule has 0 rings (SSSR count). The molecule has 0 aromatic heterocycles. The topological polar surface area (TPSA) is 72.8 Å². The SMILES string of the molecule is CCC=CCC=CCC=CCC=CCCCCC(=O)OC(CO)COC(=O)CCCCCC=CCC=CCC=CCC=CCCCCC. The van der Waals surface area contributed by atoms with E-state index in [0.717, 1.165) is 89.9 Å². The second-order valence-corrected chi connectivity index (χ2v) is 11.9. The van der Waals surface area contributed by atoms with E-state index in [2.05, 4.69) is 111 Å². The highest BCUT2D eigenvalue weighted by Crippen LogP contribution is 2.08. The van der Waals surface area contributed by atoms with Gasteiger partial charge in [-0.3, -0.25) is 9.59 Å². The van der Waals surface area contributed by atoms with Gasteiger partial charge in [-0.15, -0.1) is 0 Å². The van der Waals surface area contributed by atoms with E-state index in [9.17, 15) is 14.7 Å². The van der Waals surface area contributed by atoms with Gasteiger partial charge in [0.2, 0.25) is 0 Å². The van der Waals surface area contributed by atoms with Crippen molar-refractivity contribution in [3.8, 4) is 0 Å². The number of aliphatic hydroxyl groups excluding tert-OH is 1. The lowest BCUT2D eigenvalue weighted by molar-refractivity contribution is -0.161. The fraction of sp³-hybridized carbons (Fsp3) is 0.581. The van der Waals surface area contributed by atoms with Crippen molar-refractivity contribution in [2.75, 3.05) is 13.2 Å². The Morgan fingerprint density at radius 3 is 1.35 bits per heavy atom. The molecule has 1 unspecified atom stereocenters. The van der Waals surface area contributed by atoms with Crippen molar-refractivity contribution in [1.29, 1.82) is 0 Å². The molecule has 0 aromatic carbocycles. The van der Waals surface area contributed by atoms with Crippen molar-refractivity contribution >= 4 is 11.9 Å². The Labute approximate surface area is 294 Å². The molecule has 0 aliphatic carbocycles. The van der Waals surface area contributed by atoms with Crippen molar-refractivity contribution in [1.82, 2.24) is 0 Å². The Kier molecular flexibility index (Phi) is 35.7. The van der Waals surface area contributed by atoms with E-state index in [0.29, 0.717) is 6.42 Å². The average molecular weight is 665 g/mol. The van der Waals surface area contributed by atoms with Crippen LogP contribution in [0.15, 0.2) is 97.2 Å². The number of hydrogen-bond donors (Lipinski definition) is 1. The maximum atomic E-state index is 12.1. The van der Waals surface area contributed by atoms with E-state index in [-0.39, 0.29) is 31.6 Å². The van der Waals surface area contributed by atoms with E-state index in [4.69, 9.17) is 9.47 Å². The molecule has 0 aromatic rings. The van der Waals surface area contributed by atoms with Gasteiger partial charge in [-0.2, -0.15) is 0 Å². The predicted molar refractivity (Wildman–Crippen MR) is 205 cm³/mol. The zero-order chi connectivity index (χ0) is 35.0. The van der Waals surface area contributed by atoms with Gasteiger partial charge in [-0.1, -0.05) is 130 Å². The second-order valence-electron chi connectivity index (χ2n) is 11.9. The number of hydrogen-bond acceptors (Lipinski definition) is 5. The molecule has 0 saturated heterocycles. The number of unbranched alkanes of at least 4 members (excludes halogenated alkanes) is 8. The zero-order valence-electron chi connectivity index (χ0n) is 30.5. The molecule has 0 spiro atoms. The molecule has 1 N–H and O–H groups in total. The monoisotopic (exact) mass is 665 g/mol. The van der Waals surface area contributed by atoms with Crippen molar-refractivity contribution in [2.24, 2.45) is 0 Å². The molecular weight excluding hydrogens is 596 g/mol. The molecule has 0 saturated carbocycles. The van der Waals surface area contributed by atoms with Crippen LogP contribution in [0.3, 0.4) is 0 Å². The van der Waals surface area contributed by atoms with Crippen molar-refractivity contribution in [3.05, 3.63) is 97.2 Å². The molecule has 48 heavy (non-hydrogen) atoms. The van der Waals surface area contributed by atoms with Crippen LogP contribution in [-0.4, -0.2) is 36.4 Å². The van der Waals surface area contributed by atoms with Crippen LogP contribution in [0.25, 0.3) is 0 Å². The summed E-state index contributed by atoms with van der Waals surface area (Å²) in [5, 5.41) is 9.53. The summed E-state index contributed by atoms with van der Waals surface area (Å²) in [6.45, 7) is 3.90. The molecule has 0 radical (unpaired) electrons. The summed E-state index contributed by atoms with van der Waals surface area (Å²) in [4.78, 5) is 24.2. The van der Waals surface area contributed by atoms with Crippen LogP contribution >= 0.6 is 0 Å². The standard InChI is InChI=1S/C43H68O5/c1-3-5-7-9-11-13-15-17-19-20-21-22-24-25-27-29-31-33-35-37-42(45)47-40-41(39-44)48-43(46)38-36-34-32-30-28-26-23-18-16-14-12-10-8-6-4-2/h6,8,11-14,17-19,21-23,25,27-28,30,41,44H,3-5,7,9-10,15-16,20,24,26,29,31-40H2,1-2H3. The van der Waals surface area contributed by atoms with Gasteiger partial charge in [-0.25, -0.2) is 0 Å². The molecule has 270 valence electrons. The summed E-state index contributed by atoms with van der Waals surface area (Å²) in [6, 6.07) is 0. The predicted octanol–water partition coefficient (Wildman–Crippen LogP) is 11.7. The first-order valence-corrected chi connectivity index (χ1v) is 18.8. The largest absolute Gasteiger partial charge is 0.462 e. The number of carbonyl (C=O) groups is 2. The maximum absolute atomic E-state index is 12.1. The molecule has 0 amide bonds.